The smallest absolute Gasteiger partial charge is 0.237 e. The fourth-order valence-electron chi connectivity index (χ4n) is 2.36. The maximum Gasteiger partial charge on any atom is 0.237 e. The van der Waals surface area contributed by atoms with E-state index >= 15 is 0 Å². The molecule has 0 aliphatic carbocycles. The number of para-hydroxylation sites is 1. The Labute approximate surface area is 155 Å². The van der Waals surface area contributed by atoms with E-state index in [1.165, 1.54) is 11.8 Å². The molecule has 0 spiro atoms. The third-order valence-corrected chi connectivity index (χ3v) is 4.81. The third-order valence-electron chi connectivity index (χ3n) is 3.77. The number of carbonyl (C=O) groups is 1. The Balaban J connectivity index is 1.72. The molecule has 1 heterocycles. The van der Waals surface area contributed by atoms with Gasteiger partial charge in [-0.1, -0.05) is 36.0 Å². The Morgan fingerprint density at radius 1 is 1.23 bits per heavy atom. The second-order valence-corrected chi connectivity index (χ2v) is 6.95. The topological polar surface area (TPSA) is 81.9 Å². The lowest BCUT2D eigenvalue weighted by Gasteiger charge is -2.13. The summed E-state index contributed by atoms with van der Waals surface area (Å²) in [5.41, 5.74) is 2.62. The lowest BCUT2D eigenvalue weighted by molar-refractivity contribution is -0.115. The molecule has 1 amide bonds. The summed E-state index contributed by atoms with van der Waals surface area (Å²) in [5, 5.41) is 14.9. The zero-order valence-electron chi connectivity index (χ0n) is 14.7. The van der Waals surface area contributed by atoms with Crippen LogP contribution in [0, 0.1) is 6.92 Å². The third kappa shape index (κ3) is 4.02. The highest BCUT2D eigenvalue weighted by molar-refractivity contribution is 8.00. The van der Waals surface area contributed by atoms with Crippen LogP contribution in [0.25, 0.3) is 5.69 Å². The highest BCUT2D eigenvalue weighted by Crippen LogP contribution is 2.25. The molecule has 8 heteroatoms. The summed E-state index contributed by atoms with van der Waals surface area (Å²) in [6.45, 7) is 3.81. The fourth-order valence-corrected chi connectivity index (χ4v) is 3.16. The molecular formula is C18H19N5O2S. The summed E-state index contributed by atoms with van der Waals surface area (Å²) in [6.07, 6.45) is 0. The Morgan fingerprint density at radius 3 is 2.81 bits per heavy atom. The molecule has 1 unspecified atom stereocenters. The minimum absolute atomic E-state index is 0.136. The Kier molecular flexibility index (Phi) is 5.52. The molecule has 7 nitrogen and oxygen atoms in total. The van der Waals surface area contributed by atoms with Gasteiger partial charge in [0.2, 0.25) is 11.1 Å². The number of hydrogen-bond donors (Lipinski definition) is 1. The van der Waals surface area contributed by atoms with Gasteiger partial charge in [0.05, 0.1) is 18.0 Å². The zero-order chi connectivity index (χ0) is 18.5. The largest absolute Gasteiger partial charge is 0.497 e. The lowest BCUT2D eigenvalue weighted by atomic mass is 10.2. The number of amides is 1. The van der Waals surface area contributed by atoms with Crippen LogP contribution in [0.2, 0.25) is 0 Å². The number of carbonyl (C=O) groups excluding carboxylic acids is 1. The number of nitrogens with zero attached hydrogens (tertiary/aromatic N) is 4. The van der Waals surface area contributed by atoms with Crippen molar-refractivity contribution in [2.75, 3.05) is 12.4 Å². The molecule has 0 saturated carbocycles. The number of anilines is 1. The van der Waals surface area contributed by atoms with Crippen LogP contribution >= 0.6 is 11.8 Å². The van der Waals surface area contributed by atoms with E-state index in [9.17, 15) is 4.79 Å². The van der Waals surface area contributed by atoms with Gasteiger partial charge >= 0.3 is 0 Å². The van der Waals surface area contributed by atoms with Crippen molar-refractivity contribution >= 4 is 23.4 Å². The van der Waals surface area contributed by atoms with Gasteiger partial charge in [0, 0.05) is 11.8 Å². The van der Waals surface area contributed by atoms with Crippen LogP contribution in [0.1, 0.15) is 12.5 Å². The molecule has 0 aliphatic rings. The van der Waals surface area contributed by atoms with E-state index in [0.29, 0.717) is 16.6 Å². The van der Waals surface area contributed by atoms with Gasteiger partial charge in [-0.15, -0.1) is 5.10 Å². The van der Waals surface area contributed by atoms with Crippen molar-refractivity contribution in [3.63, 3.8) is 0 Å². The fraction of sp³-hybridized carbons (Fsp3) is 0.222. The van der Waals surface area contributed by atoms with Gasteiger partial charge in [-0.05, 0) is 48.0 Å². The van der Waals surface area contributed by atoms with Crippen molar-refractivity contribution in [3.8, 4) is 11.4 Å². The van der Waals surface area contributed by atoms with Crippen LogP contribution in [-0.4, -0.2) is 38.5 Å². The second-order valence-electron chi connectivity index (χ2n) is 5.64. The number of aromatic nitrogens is 4. The molecule has 0 fully saturated rings. The van der Waals surface area contributed by atoms with E-state index in [4.69, 9.17) is 4.74 Å². The van der Waals surface area contributed by atoms with Crippen molar-refractivity contribution in [2.24, 2.45) is 0 Å². The first-order valence-electron chi connectivity index (χ1n) is 8.04. The van der Waals surface area contributed by atoms with E-state index in [0.717, 1.165) is 11.3 Å². The number of ether oxygens (including phenoxy) is 1. The lowest BCUT2D eigenvalue weighted by Crippen LogP contribution is -2.23. The van der Waals surface area contributed by atoms with Gasteiger partial charge in [-0.3, -0.25) is 4.79 Å². The minimum atomic E-state index is -0.380. The molecule has 3 aromatic rings. The second kappa shape index (κ2) is 8.01. The van der Waals surface area contributed by atoms with Crippen LogP contribution in [0.4, 0.5) is 5.69 Å². The minimum Gasteiger partial charge on any atom is -0.497 e. The Morgan fingerprint density at radius 2 is 2.04 bits per heavy atom. The van der Waals surface area contributed by atoms with Crippen molar-refractivity contribution in [2.45, 2.75) is 24.3 Å². The predicted molar refractivity (Wildman–Crippen MR) is 101 cm³/mol. The summed E-state index contributed by atoms with van der Waals surface area (Å²) in [4.78, 5) is 12.5. The molecule has 134 valence electrons. The number of methoxy groups -OCH3 is 1. The molecule has 3 rings (SSSR count). The van der Waals surface area contributed by atoms with Crippen LogP contribution < -0.4 is 10.1 Å². The van der Waals surface area contributed by atoms with Crippen LogP contribution in [0.3, 0.4) is 0 Å². The maximum atomic E-state index is 12.5. The van der Waals surface area contributed by atoms with Crippen LogP contribution in [-0.2, 0) is 4.79 Å². The Hall–Kier alpha value is -2.87. The molecule has 1 aromatic heterocycles. The van der Waals surface area contributed by atoms with Gasteiger partial charge < -0.3 is 10.1 Å². The zero-order valence-corrected chi connectivity index (χ0v) is 15.5. The molecule has 2 aromatic carbocycles. The molecule has 26 heavy (non-hydrogen) atoms. The number of hydrogen-bond acceptors (Lipinski definition) is 6. The number of benzene rings is 2. The van der Waals surface area contributed by atoms with E-state index in [1.54, 1.807) is 17.9 Å². The molecule has 0 saturated heterocycles. The first-order valence-corrected chi connectivity index (χ1v) is 8.92. The summed E-state index contributed by atoms with van der Waals surface area (Å²) >= 11 is 1.30. The molecular weight excluding hydrogens is 350 g/mol. The van der Waals surface area contributed by atoms with Crippen LogP contribution in [0.15, 0.2) is 53.7 Å². The van der Waals surface area contributed by atoms with Crippen molar-refractivity contribution in [3.05, 3.63) is 54.1 Å². The molecule has 1 N–H and O–H groups in total. The number of thioether (sulfide) groups is 1. The van der Waals surface area contributed by atoms with E-state index < -0.39 is 0 Å². The quantitative estimate of drug-likeness (QED) is 0.673. The monoisotopic (exact) mass is 369 g/mol. The standard InChI is InChI=1S/C18H19N5O2S/c1-12-7-4-5-10-16(12)23-18(20-21-22-23)26-13(2)17(24)19-14-8-6-9-15(11-14)25-3/h4-11,13H,1-3H3,(H,19,24). The summed E-state index contributed by atoms with van der Waals surface area (Å²) in [5.74, 6) is 0.550. The molecule has 0 radical (unpaired) electrons. The number of aryl methyl sites for hydroxylation is 1. The number of nitrogens with one attached hydrogen (secondary N) is 1. The van der Waals surface area contributed by atoms with Gasteiger partial charge in [0.25, 0.3) is 0 Å². The predicted octanol–water partition coefficient (Wildman–Crippen LogP) is 3.10. The van der Waals surface area contributed by atoms with Gasteiger partial charge in [-0.25, -0.2) is 0 Å². The highest BCUT2D eigenvalue weighted by atomic mass is 32.2. The SMILES string of the molecule is COc1cccc(NC(=O)C(C)Sc2nnnn2-c2ccccc2C)c1. The summed E-state index contributed by atoms with van der Waals surface area (Å²) in [7, 11) is 1.59. The van der Waals surface area contributed by atoms with Gasteiger partial charge in [0.15, 0.2) is 0 Å². The molecule has 0 bridgehead atoms. The average molecular weight is 369 g/mol. The molecule has 0 aliphatic heterocycles. The number of rotatable bonds is 6. The van der Waals surface area contributed by atoms with Gasteiger partial charge in [0.1, 0.15) is 5.75 Å². The summed E-state index contributed by atoms with van der Waals surface area (Å²) < 4.78 is 6.82. The number of tetrazole rings is 1. The average Bonchev–Trinajstić information content (AvgIpc) is 3.10. The van der Waals surface area contributed by atoms with Crippen molar-refractivity contribution < 1.29 is 9.53 Å². The van der Waals surface area contributed by atoms with E-state index in [1.807, 2.05) is 56.3 Å². The van der Waals surface area contributed by atoms with Crippen LogP contribution in [0.5, 0.6) is 5.75 Å². The maximum absolute atomic E-state index is 12.5. The van der Waals surface area contributed by atoms with E-state index in [2.05, 4.69) is 20.8 Å². The van der Waals surface area contributed by atoms with Crippen molar-refractivity contribution in [1.29, 1.82) is 0 Å². The highest BCUT2D eigenvalue weighted by Gasteiger charge is 2.20. The van der Waals surface area contributed by atoms with Crippen molar-refractivity contribution in [1.82, 2.24) is 20.2 Å². The molecule has 1 atom stereocenters. The Bertz CT molecular complexity index is 912. The first kappa shape index (κ1) is 17.9. The van der Waals surface area contributed by atoms with Gasteiger partial charge in [-0.2, -0.15) is 4.68 Å². The van der Waals surface area contributed by atoms with E-state index in [-0.39, 0.29) is 11.2 Å². The first-order chi connectivity index (χ1) is 12.6. The summed E-state index contributed by atoms with van der Waals surface area (Å²) in [6, 6.07) is 15.1. The normalized spacial score (nSPS) is 11.8.